The van der Waals surface area contributed by atoms with Crippen molar-refractivity contribution >= 4 is 54.2 Å². The van der Waals surface area contributed by atoms with Crippen LogP contribution in [-0.2, 0) is 14.8 Å². The Morgan fingerprint density at radius 2 is 1.91 bits per heavy atom. The van der Waals surface area contributed by atoms with Gasteiger partial charge in [-0.3, -0.25) is 9.69 Å². The normalized spacial score (nSPS) is 16.9. The van der Waals surface area contributed by atoms with Crippen LogP contribution in [0.25, 0.3) is 10.2 Å². The number of fused-ring (bicyclic) bond motifs is 1. The number of carbonyl (C=O) groups is 1. The Morgan fingerprint density at radius 1 is 1.20 bits per heavy atom. The lowest BCUT2D eigenvalue weighted by atomic mass is 10.2. The molecule has 4 rings (SSSR count). The van der Waals surface area contributed by atoms with Gasteiger partial charge in [0.2, 0.25) is 15.9 Å². The molecule has 1 aliphatic heterocycles. The Morgan fingerprint density at radius 3 is 2.60 bits per heavy atom. The monoisotopic (exact) mass is 542 g/mol. The largest absolute Gasteiger partial charge is 0.309 e. The van der Waals surface area contributed by atoms with Crippen LogP contribution in [0.5, 0.6) is 0 Å². The summed E-state index contributed by atoms with van der Waals surface area (Å²) in [4.78, 5) is 21.5. The molecule has 1 aromatic heterocycles. The third-order valence-corrected chi connectivity index (χ3v) is 8.99. The molecule has 0 N–H and O–H groups in total. The van der Waals surface area contributed by atoms with Gasteiger partial charge in [-0.05, 0) is 70.2 Å². The molecule has 1 amide bonds. The van der Waals surface area contributed by atoms with Crippen LogP contribution in [0.1, 0.15) is 19.3 Å². The molecule has 1 saturated heterocycles. The van der Waals surface area contributed by atoms with E-state index in [9.17, 15) is 22.0 Å². The highest BCUT2D eigenvalue weighted by Crippen LogP contribution is 2.34. The van der Waals surface area contributed by atoms with Crippen molar-refractivity contribution in [1.82, 2.24) is 14.2 Å². The summed E-state index contributed by atoms with van der Waals surface area (Å²) in [7, 11) is -0.140. The van der Waals surface area contributed by atoms with E-state index in [0.29, 0.717) is 30.8 Å². The molecule has 0 spiro atoms. The van der Waals surface area contributed by atoms with Gasteiger partial charge in [0.15, 0.2) is 10.9 Å². The predicted octanol–water partition coefficient (Wildman–Crippen LogP) is 4.37. The van der Waals surface area contributed by atoms with Gasteiger partial charge in [-0.15, -0.1) is 0 Å². The molecule has 0 aliphatic carbocycles. The second-order valence-electron chi connectivity index (χ2n) is 8.61. The number of nitrogens with zero attached hydrogens (tertiary/aromatic N) is 4. The maximum atomic E-state index is 14.3. The quantitative estimate of drug-likeness (QED) is 0.423. The van der Waals surface area contributed by atoms with E-state index in [-0.39, 0.29) is 33.3 Å². The van der Waals surface area contributed by atoms with Crippen molar-refractivity contribution in [3.8, 4) is 0 Å². The van der Waals surface area contributed by atoms with E-state index in [2.05, 4.69) is 4.98 Å². The van der Waals surface area contributed by atoms with E-state index < -0.39 is 33.6 Å². The number of benzene rings is 2. The smallest absolute Gasteiger partial charge is 0.247 e. The van der Waals surface area contributed by atoms with Crippen molar-refractivity contribution in [2.75, 3.05) is 38.6 Å². The van der Waals surface area contributed by atoms with Gasteiger partial charge < -0.3 is 4.90 Å². The number of rotatable bonds is 8. The second kappa shape index (κ2) is 10.4. The zero-order valence-electron chi connectivity index (χ0n) is 19.2. The van der Waals surface area contributed by atoms with Crippen LogP contribution in [0.15, 0.2) is 41.3 Å². The first-order valence-electron chi connectivity index (χ1n) is 11.1. The maximum absolute atomic E-state index is 14.3. The molecule has 1 unspecified atom stereocenters. The van der Waals surface area contributed by atoms with E-state index in [1.165, 1.54) is 39.5 Å². The van der Waals surface area contributed by atoms with E-state index in [0.717, 1.165) is 17.4 Å². The second-order valence-corrected chi connectivity index (χ2v) is 11.9. The van der Waals surface area contributed by atoms with Crippen LogP contribution in [0.4, 0.5) is 13.9 Å². The fourth-order valence-electron chi connectivity index (χ4n) is 4.10. The summed E-state index contributed by atoms with van der Waals surface area (Å²) in [5, 5.41) is 0.619. The summed E-state index contributed by atoms with van der Waals surface area (Å²) in [5.41, 5.74) is -0.0196. The number of hydrogen-bond acceptors (Lipinski definition) is 6. The van der Waals surface area contributed by atoms with Crippen molar-refractivity contribution in [3.05, 3.63) is 53.1 Å². The van der Waals surface area contributed by atoms with Crippen molar-refractivity contribution in [2.24, 2.45) is 0 Å². The van der Waals surface area contributed by atoms with E-state index in [1.807, 2.05) is 19.0 Å². The van der Waals surface area contributed by atoms with E-state index >= 15 is 0 Å². The molecule has 7 nitrogen and oxygen atoms in total. The molecule has 2 aromatic carbocycles. The minimum atomic E-state index is -3.94. The number of halogens is 3. The van der Waals surface area contributed by atoms with E-state index in [1.54, 1.807) is 0 Å². The zero-order chi connectivity index (χ0) is 25.3. The highest BCUT2D eigenvalue weighted by molar-refractivity contribution is 7.89. The molecule has 188 valence electrons. The van der Waals surface area contributed by atoms with Gasteiger partial charge in [-0.25, -0.2) is 22.2 Å². The Bertz CT molecular complexity index is 1330. The molecular formula is C23H25ClF2N4O3S2. The highest BCUT2D eigenvalue weighted by atomic mass is 35.5. The molecule has 1 fully saturated rings. The molecule has 0 bridgehead atoms. The third-order valence-electron chi connectivity index (χ3n) is 5.79. The SMILES string of the molecule is CN(C)CCCN(C(=O)C1CCCN1S(=O)(=O)c1ccc(Cl)cc1)c1nc2c(F)cc(F)cc2s1. The fourth-order valence-corrected chi connectivity index (χ4v) is 6.92. The van der Waals surface area contributed by atoms with Crippen LogP contribution in [0.2, 0.25) is 5.02 Å². The standard InChI is InChI=1S/C23H25ClF2N4O3S2/c1-28(2)10-4-11-29(23-27-21-18(26)13-16(25)14-20(21)34-23)22(31)19-5-3-12-30(19)35(32,33)17-8-6-15(24)7-9-17/h6-9,13-14,19H,3-5,10-12H2,1-2H3. The summed E-state index contributed by atoms with van der Waals surface area (Å²) >= 11 is 6.91. The minimum Gasteiger partial charge on any atom is -0.309 e. The van der Waals surface area contributed by atoms with Gasteiger partial charge >= 0.3 is 0 Å². The van der Waals surface area contributed by atoms with Crippen LogP contribution in [-0.4, -0.2) is 68.3 Å². The Balaban J connectivity index is 1.68. The fraction of sp³-hybridized carbons (Fsp3) is 0.391. The number of aromatic nitrogens is 1. The van der Waals surface area contributed by atoms with Gasteiger partial charge in [0.05, 0.1) is 9.60 Å². The summed E-state index contributed by atoms with van der Waals surface area (Å²) in [5.74, 6) is -1.97. The molecule has 3 aromatic rings. The highest BCUT2D eigenvalue weighted by Gasteiger charge is 2.42. The lowest BCUT2D eigenvalue weighted by molar-refractivity contribution is -0.121. The maximum Gasteiger partial charge on any atom is 0.247 e. The van der Waals surface area contributed by atoms with Gasteiger partial charge in [-0.1, -0.05) is 22.9 Å². The Kier molecular flexibility index (Phi) is 7.72. The predicted molar refractivity (Wildman–Crippen MR) is 133 cm³/mol. The molecule has 0 saturated carbocycles. The lowest BCUT2D eigenvalue weighted by Gasteiger charge is -2.29. The van der Waals surface area contributed by atoms with Gasteiger partial charge in [0.25, 0.3) is 0 Å². The third kappa shape index (κ3) is 5.49. The van der Waals surface area contributed by atoms with Crippen molar-refractivity contribution < 1.29 is 22.0 Å². The average molecular weight is 543 g/mol. The molecular weight excluding hydrogens is 518 g/mol. The number of anilines is 1. The first kappa shape index (κ1) is 25.9. The van der Waals surface area contributed by atoms with Gasteiger partial charge in [0, 0.05) is 24.2 Å². The summed E-state index contributed by atoms with van der Waals surface area (Å²) in [6.45, 7) is 1.13. The van der Waals surface area contributed by atoms with Crippen molar-refractivity contribution in [1.29, 1.82) is 0 Å². The molecule has 1 aliphatic rings. The van der Waals surface area contributed by atoms with Crippen LogP contribution >= 0.6 is 22.9 Å². The average Bonchev–Trinajstić information content (AvgIpc) is 3.44. The van der Waals surface area contributed by atoms with Crippen LogP contribution in [0, 0.1) is 11.6 Å². The van der Waals surface area contributed by atoms with Crippen molar-refractivity contribution in [2.45, 2.75) is 30.2 Å². The number of hydrogen-bond donors (Lipinski definition) is 0. The number of carbonyl (C=O) groups excluding carboxylic acids is 1. The summed E-state index contributed by atoms with van der Waals surface area (Å²) in [6, 6.07) is 6.81. The summed E-state index contributed by atoms with van der Waals surface area (Å²) < 4.78 is 56.2. The minimum absolute atomic E-state index is 0.0196. The summed E-state index contributed by atoms with van der Waals surface area (Å²) in [6.07, 6.45) is 1.46. The number of thiazole rings is 1. The molecule has 0 radical (unpaired) electrons. The zero-order valence-corrected chi connectivity index (χ0v) is 21.6. The van der Waals surface area contributed by atoms with Crippen LogP contribution < -0.4 is 4.90 Å². The number of amides is 1. The molecule has 12 heteroatoms. The molecule has 2 heterocycles. The Labute approximate surface area is 212 Å². The first-order valence-corrected chi connectivity index (χ1v) is 13.7. The van der Waals surface area contributed by atoms with Gasteiger partial charge in [-0.2, -0.15) is 4.31 Å². The molecule has 35 heavy (non-hydrogen) atoms. The lowest BCUT2D eigenvalue weighted by Crippen LogP contribution is -2.48. The topological polar surface area (TPSA) is 73.8 Å². The van der Waals surface area contributed by atoms with Crippen molar-refractivity contribution in [3.63, 3.8) is 0 Å². The number of sulfonamides is 1. The molecule has 1 atom stereocenters. The van der Waals surface area contributed by atoms with Crippen LogP contribution in [0.3, 0.4) is 0 Å². The van der Waals surface area contributed by atoms with E-state index in [4.69, 9.17) is 11.6 Å². The Hall–Kier alpha value is -2.18. The van der Waals surface area contributed by atoms with Gasteiger partial charge in [0.1, 0.15) is 17.4 Å². The first-order chi connectivity index (χ1) is 16.6.